The molecule has 2 aromatic rings. The summed E-state index contributed by atoms with van der Waals surface area (Å²) in [6.07, 6.45) is 1.65. The first-order valence-corrected chi connectivity index (χ1v) is 7.59. The van der Waals surface area contributed by atoms with Crippen LogP contribution in [0.4, 0.5) is 5.82 Å². The lowest BCUT2D eigenvalue weighted by atomic mass is 10.1. The molecule has 0 amide bonds. The predicted octanol–water partition coefficient (Wildman–Crippen LogP) is 2.60. The molecule has 126 valence electrons. The van der Waals surface area contributed by atoms with E-state index in [1.54, 1.807) is 11.8 Å². The molecule has 0 unspecified atom stereocenters. The Kier molecular flexibility index (Phi) is 5.13. The van der Waals surface area contributed by atoms with Crippen molar-refractivity contribution in [3.05, 3.63) is 41.4 Å². The third-order valence-electron chi connectivity index (χ3n) is 3.72. The first-order chi connectivity index (χ1) is 11.4. The van der Waals surface area contributed by atoms with E-state index in [2.05, 4.69) is 9.97 Å². The van der Waals surface area contributed by atoms with Gasteiger partial charge in [-0.1, -0.05) is 13.0 Å². The fourth-order valence-corrected chi connectivity index (χ4v) is 2.68. The summed E-state index contributed by atoms with van der Waals surface area (Å²) in [7, 11) is 0. The molecular formula is C17H19N3O4. The van der Waals surface area contributed by atoms with Gasteiger partial charge in [0, 0.05) is 17.6 Å². The number of carbonyl (C=O) groups is 2. The molecule has 7 heteroatoms. The summed E-state index contributed by atoms with van der Waals surface area (Å²) in [5.74, 6) is -2.43. The molecule has 0 atom stereocenters. The Balaban J connectivity index is 2.73. The lowest BCUT2D eigenvalue weighted by Crippen LogP contribution is -2.28. The predicted molar refractivity (Wildman–Crippen MR) is 89.9 cm³/mol. The Bertz CT molecular complexity index is 814. The molecule has 0 aliphatic heterocycles. The minimum atomic E-state index is -1.47. The number of allylic oxidation sites excluding steroid dienone is 1. The normalized spacial score (nSPS) is 10.5. The van der Waals surface area contributed by atoms with E-state index < -0.39 is 17.5 Å². The van der Waals surface area contributed by atoms with Crippen molar-refractivity contribution in [3.8, 4) is 0 Å². The number of hydrogen-bond donors (Lipinski definition) is 2. The lowest BCUT2D eigenvalue weighted by Gasteiger charge is -2.26. The molecule has 0 radical (unpaired) electrons. The van der Waals surface area contributed by atoms with E-state index in [0.29, 0.717) is 12.4 Å². The Morgan fingerprint density at radius 2 is 1.79 bits per heavy atom. The van der Waals surface area contributed by atoms with E-state index in [0.717, 1.165) is 16.5 Å². The van der Waals surface area contributed by atoms with Crippen LogP contribution in [0.2, 0.25) is 0 Å². The van der Waals surface area contributed by atoms with E-state index in [9.17, 15) is 19.8 Å². The molecule has 0 saturated carbocycles. The van der Waals surface area contributed by atoms with Crippen LogP contribution < -0.4 is 4.90 Å². The summed E-state index contributed by atoms with van der Waals surface area (Å²) < 4.78 is 0. The maximum Gasteiger partial charge on any atom is 0.344 e. The van der Waals surface area contributed by atoms with Gasteiger partial charge >= 0.3 is 11.9 Å². The first kappa shape index (κ1) is 17.4. The van der Waals surface area contributed by atoms with Crippen LogP contribution in [0.25, 0.3) is 10.9 Å². The number of anilines is 1. The van der Waals surface area contributed by atoms with E-state index in [4.69, 9.17) is 0 Å². The van der Waals surface area contributed by atoms with Crippen molar-refractivity contribution in [3.63, 3.8) is 0 Å². The number of hydrogen-bond acceptors (Lipinski definition) is 5. The second-order valence-corrected chi connectivity index (χ2v) is 5.25. The number of rotatable bonds is 6. The summed E-state index contributed by atoms with van der Waals surface area (Å²) in [5.41, 5.74) is 1.33. The maximum atomic E-state index is 11.4. The second kappa shape index (κ2) is 7.08. The molecule has 24 heavy (non-hydrogen) atoms. The average Bonchev–Trinajstić information content (AvgIpc) is 2.53. The lowest BCUT2D eigenvalue weighted by molar-refractivity contribution is -0.140. The van der Waals surface area contributed by atoms with Gasteiger partial charge in [0.2, 0.25) is 0 Å². The van der Waals surface area contributed by atoms with E-state index in [1.807, 2.05) is 32.0 Å². The second-order valence-electron chi connectivity index (χ2n) is 5.25. The highest BCUT2D eigenvalue weighted by Crippen LogP contribution is 2.28. The zero-order chi connectivity index (χ0) is 17.9. The Hall–Kier alpha value is -2.96. The first-order valence-electron chi connectivity index (χ1n) is 7.59. The van der Waals surface area contributed by atoms with Gasteiger partial charge in [-0.3, -0.25) is 0 Å². The molecule has 1 aromatic heterocycles. The molecule has 0 bridgehead atoms. The quantitative estimate of drug-likeness (QED) is 0.477. The van der Waals surface area contributed by atoms with Gasteiger partial charge < -0.3 is 15.1 Å². The summed E-state index contributed by atoms with van der Waals surface area (Å²) in [5, 5.41) is 19.3. The Morgan fingerprint density at radius 1 is 1.12 bits per heavy atom. The molecule has 0 aliphatic carbocycles. The number of aryl methyl sites for hydroxylation is 1. The SMILES string of the molecule is CCC(=C(C(=O)O)C(=O)O)N(CC)c1ncnc2cc(C)ccc12. The van der Waals surface area contributed by atoms with Crippen LogP contribution in [-0.2, 0) is 9.59 Å². The van der Waals surface area contributed by atoms with Gasteiger partial charge in [0.15, 0.2) is 5.57 Å². The number of benzene rings is 1. The third kappa shape index (κ3) is 3.19. The highest BCUT2D eigenvalue weighted by atomic mass is 16.4. The third-order valence-corrected chi connectivity index (χ3v) is 3.72. The zero-order valence-electron chi connectivity index (χ0n) is 13.8. The van der Waals surface area contributed by atoms with Gasteiger partial charge in [0.05, 0.1) is 5.52 Å². The standard InChI is InChI=1S/C17H19N3O4/c1-4-13(14(16(21)22)17(23)24)20(5-2)15-11-7-6-10(3)8-12(11)18-9-19-15/h6-9H,4-5H2,1-3H3,(H,21,22)(H,23,24). The molecule has 1 heterocycles. The summed E-state index contributed by atoms with van der Waals surface area (Å²) in [6, 6.07) is 5.67. The van der Waals surface area contributed by atoms with Crippen molar-refractivity contribution >= 4 is 28.7 Å². The molecule has 0 aliphatic rings. The van der Waals surface area contributed by atoms with Gasteiger partial charge in [-0.05, 0) is 38.0 Å². The number of nitrogens with zero attached hydrogens (tertiary/aromatic N) is 3. The summed E-state index contributed by atoms with van der Waals surface area (Å²) in [6.45, 7) is 5.87. The van der Waals surface area contributed by atoms with Crippen molar-refractivity contribution in [2.45, 2.75) is 27.2 Å². The monoisotopic (exact) mass is 329 g/mol. The van der Waals surface area contributed by atoms with E-state index in [1.165, 1.54) is 6.33 Å². The van der Waals surface area contributed by atoms with Crippen LogP contribution in [0.15, 0.2) is 35.8 Å². The largest absolute Gasteiger partial charge is 0.477 e. The number of aliphatic carboxylic acids is 2. The molecule has 1 aromatic carbocycles. The average molecular weight is 329 g/mol. The smallest absolute Gasteiger partial charge is 0.344 e. The van der Waals surface area contributed by atoms with Crippen LogP contribution in [0.5, 0.6) is 0 Å². The van der Waals surface area contributed by atoms with Gasteiger partial charge in [0.25, 0.3) is 0 Å². The molecule has 2 N–H and O–H groups in total. The number of carboxylic acid groups (broad SMARTS) is 2. The van der Waals surface area contributed by atoms with Crippen LogP contribution in [0.3, 0.4) is 0 Å². The van der Waals surface area contributed by atoms with Crippen LogP contribution in [0, 0.1) is 6.92 Å². The van der Waals surface area contributed by atoms with Crippen molar-refractivity contribution < 1.29 is 19.8 Å². The van der Waals surface area contributed by atoms with Crippen LogP contribution in [-0.4, -0.2) is 38.7 Å². The molecular weight excluding hydrogens is 310 g/mol. The van der Waals surface area contributed by atoms with Crippen molar-refractivity contribution in [2.24, 2.45) is 0 Å². The topological polar surface area (TPSA) is 104 Å². The minimum absolute atomic E-state index is 0.207. The van der Waals surface area contributed by atoms with Crippen LogP contribution >= 0.6 is 0 Å². The van der Waals surface area contributed by atoms with Crippen molar-refractivity contribution in [1.29, 1.82) is 0 Å². The maximum absolute atomic E-state index is 11.4. The molecule has 0 spiro atoms. The van der Waals surface area contributed by atoms with Gasteiger partial charge in [-0.25, -0.2) is 19.6 Å². The number of carboxylic acids is 2. The highest BCUT2D eigenvalue weighted by molar-refractivity contribution is 6.13. The van der Waals surface area contributed by atoms with Crippen molar-refractivity contribution in [1.82, 2.24) is 9.97 Å². The van der Waals surface area contributed by atoms with Crippen LogP contribution in [0.1, 0.15) is 25.8 Å². The van der Waals surface area contributed by atoms with E-state index >= 15 is 0 Å². The Labute approximate surface area is 139 Å². The summed E-state index contributed by atoms with van der Waals surface area (Å²) in [4.78, 5) is 32.9. The van der Waals surface area contributed by atoms with Gasteiger partial charge in [0.1, 0.15) is 12.1 Å². The fraction of sp³-hybridized carbons (Fsp3) is 0.294. The number of aromatic nitrogens is 2. The van der Waals surface area contributed by atoms with Gasteiger partial charge in [-0.2, -0.15) is 0 Å². The highest BCUT2D eigenvalue weighted by Gasteiger charge is 2.26. The molecule has 2 rings (SSSR count). The summed E-state index contributed by atoms with van der Waals surface area (Å²) >= 11 is 0. The molecule has 7 nitrogen and oxygen atoms in total. The van der Waals surface area contributed by atoms with Crippen molar-refractivity contribution in [2.75, 3.05) is 11.4 Å². The number of fused-ring (bicyclic) bond motifs is 1. The fourth-order valence-electron chi connectivity index (χ4n) is 2.68. The molecule has 0 saturated heterocycles. The van der Waals surface area contributed by atoms with Gasteiger partial charge in [-0.15, -0.1) is 0 Å². The minimum Gasteiger partial charge on any atom is -0.477 e. The van der Waals surface area contributed by atoms with E-state index in [-0.39, 0.29) is 12.1 Å². The zero-order valence-corrected chi connectivity index (χ0v) is 13.8. The Morgan fingerprint density at radius 3 is 2.33 bits per heavy atom. The molecule has 0 fully saturated rings.